The molecule has 0 radical (unpaired) electrons. The quantitative estimate of drug-likeness (QED) is 0.157. The third-order valence-electron chi connectivity index (χ3n) is 5.66. The number of hydrogen-bond donors (Lipinski definition) is 2. The molecule has 0 aliphatic carbocycles. The fourth-order valence-electron chi connectivity index (χ4n) is 3.78. The molecule has 2 N–H and O–H groups in total. The van der Waals surface area contributed by atoms with Gasteiger partial charge in [0, 0.05) is 17.8 Å². The molecule has 0 aromatic heterocycles. The molecular weight excluding hydrogens is 572 g/mol. The van der Waals surface area contributed by atoms with E-state index < -0.39 is 29.3 Å². The normalized spacial score (nSPS) is 13.8. The third-order valence-corrected chi connectivity index (χ3v) is 6.25. The van der Waals surface area contributed by atoms with E-state index in [2.05, 4.69) is 26.6 Å². The molecule has 0 unspecified atom stereocenters. The van der Waals surface area contributed by atoms with Crippen molar-refractivity contribution < 1.29 is 28.8 Å². The highest BCUT2D eigenvalue weighted by atomic mass is 79.9. The van der Waals surface area contributed by atoms with Crippen LogP contribution in [0.15, 0.2) is 70.8 Å². The van der Waals surface area contributed by atoms with Crippen molar-refractivity contribution in [1.82, 2.24) is 10.2 Å². The zero-order valence-electron chi connectivity index (χ0n) is 20.9. The summed E-state index contributed by atoms with van der Waals surface area (Å²) in [5.74, 6) is -0.421. The van der Waals surface area contributed by atoms with Crippen molar-refractivity contribution in [2.45, 2.75) is 13.5 Å². The first kappa shape index (κ1) is 27.3. The SMILES string of the molecule is COc1cc(/C=C2/NC(=O)N(CC(=O)Nc3cccc(C)c3)C2=O)cc(Br)c1OCc1ccc([N+](=O)[O-])cc1. The number of halogens is 1. The fraction of sp³-hybridized carbons (Fsp3) is 0.148. The monoisotopic (exact) mass is 594 g/mol. The highest BCUT2D eigenvalue weighted by Gasteiger charge is 2.35. The predicted octanol–water partition coefficient (Wildman–Crippen LogP) is 4.78. The molecule has 1 aliphatic rings. The van der Waals surface area contributed by atoms with E-state index in [4.69, 9.17) is 9.47 Å². The molecule has 0 saturated carbocycles. The number of nitrogens with zero attached hydrogens (tertiary/aromatic N) is 2. The maximum absolute atomic E-state index is 12.9. The average Bonchev–Trinajstić information content (AvgIpc) is 3.15. The van der Waals surface area contributed by atoms with Crippen LogP contribution < -0.4 is 20.1 Å². The first-order valence-corrected chi connectivity index (χ1v) is 12.4. The van der Waals surface area contributed by atoms with Crippen LogP contribution in [0, 0.1) is 17.0 Å². The summed E-state index contributed by atoms with van der Waals surface area (Å²) in [6.07, 6.45) is 1.46. The lowest BCUT2D eigenvalue weighted by Gasteiger charge is -2.14. The highest BCUT2D eigenvalue weighted by molar-refractivity contribution is 9.10. The molecule has 39 heavy (non-hydrogen) atoms. The number of ether oxygens (including phenoxy) is 2. The van der Waals surface area contributed by atoms with Gasteiger partial charge in [0.15, 0.2) is 11.5 Å². The topological polar surface area (TPSA) is 140 Å². The third kappa shape index (κ3) is 6.60. The summed E-state index contributed by atoms with van der Waals surface area (Å²) in [5, 5.41) is 16.0. The maximum atomic E-state index is 12.9. The van der Waals surface area contributed by atoms with Crippen LogP contribution in [0.2, 0.25) is 0 Å². The van der Waals surface area contributed by atoms with Crippen LogP contribution in [0.25, 0.3) is 6.08 Å². The number of hydrogen-bond acceptors (Lipinski definition) is 7. The minimum atomic E-state index is -0.709. The van der Waals surface area contributed by atoms with Gasteiger partial charge in [0.2, 0.25) is 5.91 Å². The Bertz CT molecular complexity index is 1490. The highest BCUT2D eigenvalue weighted by Crippen LogP contribution is 2.38. The number of nitrogens with one attached hydrogen (secondary N) is 2. The zero-order chi connectivity index (χ0) is 28.1. The summed E-state index contributed by atoms with van der Waals surface area (Å²) in [4.78, 5) is 48.9. The van der Waals surface area contributed by atoms with Gasteiger partial charge in [-0.05, 0) is 82.0 Å². The molecule has 1 aliphatic heterocycles. The first-order chi connectivity index (χ1) is 18.6. The maximum Gasteiger partial charge on any atom is 0.329 e. The fourth-order valence-corrected chi connectivity index (χ4v) is 4.36. The summed E-state index contributed by atoms with van der Waals surface area (Å²) < 4.78 is 11.8. The molecule has 11 nitrogen and oxygen atoms in total. The number of non-ortho nitro benzene ring substituents is 1. The van der Waals surface area contributed by atoms with Gasteiger partial charge >= 0.3 is 6.03 Å². The van der Waals surface area contributed by atoms with Crippen LogP contribution in [0.1, 0.15) is 16.7 Å². The van der Waals surface area contributed by atoms with Gasteiger partial charge < -0.3 is 20.1 Å². The van der Waals surface area contributed by atoms with Crippen molar-refractivity contribution in [3.05, 3.63) is 97.6 Å². The molecule has 1 fully saturated rings. The van der Waals surface area contributed by atoms with Crippen LogP contribution in [-0.2, 0) is 16.2 Å². The Labute approximate surface area is 231 Å². The molecule has 0 bridgehead atoms. The molecule has 200 valence electrons. The Morgan fingerprint density at radius 1 is 1.15 bits per heavy atom. The van der Waals surface area contributed by atoms with Crippen LogP contribution in [0.4, 0.5) is 16.2 Å². The Morgan fingerprint density at radius 3 is 2.56 bits per heavy atom. The number of methoxy groups -OCH3 is 1. The molecule has 1 heterocycles. The Kier molecular flexibility index (Phi) is 8.25. The van der Waals surface area contributed by atoms with Gasteiger partial charge in [-0.1, -0.05) is 12.1 Å². The molecule has 4 amide bonds. The number of aryl methyl sites for hydroxylation is 1. The number of anilines is 1. The number of rotatable bonds is 9. The number of imide groups is 1. The van der Waals surface area contributed by atoms with E-state index in [9.17, 15) is 24.5 Å². The van der Waals surface area contributed by atoms with E-state index in [1.807, 2.05) is 13.0 Å². The van der Waals surface area contributed by atoms with Gasteiger partial charge in [0.05, 0.1) is 16.5 Å². The molecule has 3 aromatic carbocycles. The standard InChI is InChI=1S/C27H23BrN4O7/c1-16-4-3-5-19(10-16)29-24(33)14-31-26(34)22(30-27(31)35)12-18-11-21(28)25(23(13-18)38-2)39-15-17-6-8-20(9-7-17)32(36)37/h3-13H,14-15H2,1-2H3,(H,29,33)(H,30,35)/b22-12+. The average molecular weight is 595 g/mol. The second-order valence-corrected chi connectivity index (χ2v) is 9.40. The number of urea groups is 1. The predicted molar refractivity (Wildman–Crippen MR) is 146 cm³/mol. The Morgan fingerprint density at radius 2 is 1.90 bits per heavy atom. The molecule has 12 heteroatoms. The van der Waals surface area contributed by atoms with Crippen molar-refractivity contribution in [2.24, 2.45) is 0 Å². The van der Waals surface area contributed by atoms with Gasteiger partial charge in [-0.15, -0.1) is 0 Å². The van der Waals surface area contributed by atoms with Gasteiger partial charge in [-0.2, -0.15) is 0 Å². The molecular formula is C27H23BrN4O7. The van der Waals surface area contributed by atoms with E-state index in [1.54, 1.807) is 42.5 Å². The number of benzene rings is 3. The first-order valence-electron chi connectivity index (χ1n) is 11.6. The molecule has 1 saturated heterocycles. The summed E-state index contributed by atoms with van der Waals surface area (Å²) >= 11 is 3.44. The number of amides is 4. The van der Waals surface area contributed by atoms with Crippen LogP contribution in [0.3, 0.4) is 0 Å². The lowest BCUT2D eigenvalue weighted by atomic mass is 10.1. The van der Waals surface area contributed by atoms with Gasteiger partial charge in [0.1, 0.15) is 18.8 Å². The second-order valence-electron chi connectivity index (χ2n) is 8.54. The lowest BCUT2D eigenvalue weighted by molar-refractivity contribution is -0.384. The number of carbonyl (C=O) groups excluding carboxylic acids is 3. The second kappa shape index (κ2) is 11.8. The lowest BCUT2D eigenvalue weighted by Crippen LogP contribution is -2.38. The van der Waals surface area contributed by atoms with Crippen molar-refractivity contribution in [3.8, 4) is 11.5 Å². The van der Waals surface area contributed by atoms with Crippen LogP contribution >= 0.6 is 15.9 Å². The molecule has 3 aromatic rings. The van der Waals surface area contributed by atoms with Crippen molar-refractivity contribution >= 4 is 51.2 Å². The number of carbonyl (C=O) groups is 3. The smallest absolute Gasteiger partial charge is 0.329 e. The van der Waals surface area contributed by atoms with Crippen molar-refractivity contribution in [3.63, 3.8) is 0 Å². The van der Waals surface area contributed by atoms with E-state index in [-0.39, 0.29) is 18.0 Å². The molecule has 4 rings (SSSR count). The Balaban J connectivity index is 1.45. The summed E-state index contributed by atoms with van der Waals surface area (Å²) in [5.41, 5.74) is 2.74. The largest absolute Gasteiger partial charge is 0.493 e. The summed E-state index contributed by atoms with van der Waals surface area (Å²) in [6.45, 7) is 1.56. The van der Waals surface area contributed by atoms with Gasteiger partial charge in [-0.25, -0.2) is 9.69 Å². The summed E-state index contributed by atoms with van der Waals surface area (Å²) in [7, 11) is 1.45. The minimum absolute atomic E-state index is 0.00291. The van der Waals surface area contributed by atoms with Crippen molar-refractivity contribution in [2.75, 3.05) is 19.0 Å². The summed E-state index contributed by atoms with van der Waals surface area (Å²) in [6, 6.07) is 15.7. The Hall–Kier alpha value is -4.71. The van der Waals surface area contributed by atoms with Gasteiger partial charge in [-0.3, -0.25) is 19.7 Å². The zero-order valence-corrected chi connectivity index (χ0v) is 22.5. The molecule has 0 spiro atoms. The van der Waals surface area contributed by atoms with E-state index in [0.717, 1.165) is 10.5 Å². The van der Waals surface area contributed by atoms with E-state index >= 15 is 0 Å². The number of nitro benzene ring substituents is 1. The minimum Gasteiger partial charge on any atom is -0.493 e. The van der Waals surface area contributed by atoms with Crippen LogP contribution in [0.5, 0.6) is 11.5 Å². The van der Waals surface area contributed by atoms with E-state index in [0.29, 0.717) is 32.8 Å². The van der Waals surface area contributed by atoms with Crippen molar-refractivity contribution in [1.29, 1.82) is 0 Å². The molecule has 0 atom stereocenters. The number of nitro groups is 1. The van der Waals surface area contributed by atoms with E-state index in [1.165, 1.54) is 25.3 Å². The van der Waals surface area contributed by atoms with Gasteiger partial charge in [0.25, 0.3) is 11.6 Å². The van der Waals surface area contributed by atoms with Crippen LogP contribution in [-0.4, -0.2) is 41.3 Å².